The molecule has 2 N–H and O–H groups in total. The monoisotopic (exact) mass is 189 g/mol. The molecule has 0 aliphatic heterocycles. The number of halogens is 1. The molecule has 0 bridgehead atoms. The highest BCUT2D eigenvalue weighted by molar-refractivity contribution is 5.80. The fourth-order valence-corrected chi connectivity index (χ4v) is 1.78. The molecule has 0 aromatic heterocycles. The van der Waals surface area contributed by atoms with Crippen LogP contribution in [0.25, 0.3) is 0 Å². The van der Waals surface area contributed by atoms with Gasteiger partial charge >= 0.3 is 12.1 Å². The van der Waals surface area contributed by atoms with Gasteiger partial charge in [-0.15, -0.1) is 0 Å². The van der Waals surface area contributed by atoms with Crippen molar-refractivity contribution in [1.82, 2.24) is 5.32 Å². The zero-order chi connectivity index (χ0) is 9.84. The van der Waals surface area contributed by atoms with Gasteiger partial charge in [0, 0.05) is 0 Å². The van der Waals surface area contributed by atoms with Crippen molar-refractivity contribution in [3.63, 3.8) is 0 Å². The topological polar surface area (TPSA) is 66.4 Å². The third-order valence-corrected chi connectivity index (χ3v) is 2.39. The zero-order valence-corrected chi connectivity index (χ0v) is 7.12. The van der Waals surface area contributed by atoms with Gasteiger partial charge in [-0.25, -0.2) is 4.79 Å². The molecule has 0 heterocycles. The Balaban J connectivity index is 2.55. The molecule has 1 aliphatic carbocycles. The second-order valence-electron chi connectivity index (χ2n) is 3.28. The third kappa shape index (κ3) is 2.68. The van der Waals surface area contributed by atoms with E-state index in [0.29, 0.717) is 0 Å². The minimum atomic E-state index is -1.57. The van der Waals surface area contributed by atoms with E-state index < -0.39 is 18.2 Å². The van der Waals surface area contributed by atoms with Gasteiger partial charge in [0.1, 0.15) is 6.04 Å². The molecule has 0 radical (unpaired) electrons. The number of rotatable bonds is 3. The number of carbonyl (C=O) groups excluding carboxylic acids is 1. The van der Waals surface area contributed by atoms with Crippen LogP contribution in [-0.2, 0) is 4.79 Å². The number of nitrogens with one attached hydrogen (secondary N) is 1. The van der Waals surface area contributed by atoms with Crippen molar-refractivity contribution in [3.8, 4) is 0 Å². The molecule has 1 fully saturated rings. The summed E-state index contributed by atoms with van der Waals surface area (Å²) in [7, 11) is 0. The highest BCUT2D eigenvalue weighted by atomic mass is 19.1. The molecule has 0 saturated heterocycles. The van der Waals surface area contributed by atoms with Crippen LogP contribution in [0.15, 0.2) is 0 Å². The van der Waals surface area contributed by atoms with Crippen molar-refractivity contribution < 1.29 is 19.1 Å². The summed E-state index contributed by atoms with van der Waals surface area (Å²) in [5.74, 6) is -0.159. The van der Waals surface area contributed by atoms with Gasteiger partial charge < -0.3 is 10.4 Å². The average Bonchev–Trinajstić information content (AvgIpc) is 2.50. The lowest BCUT2D eigenvalue weighted by molar-refractivity contribution is -0.132. The van der Waals surface area contributed by atoms with Crippen LogP contribution in [0.2, 0.25) is 0 Å². The Labute approximate surface area is 75.1 Å². The predicted molar refractivity (Wildman–Crippen MR) is 43.0 cm³/mol. The zero-order valence-electron chi connectivity index (χ0n) is 7.12. The van der Waals surface area contributed by atoms with Crippen LogP contribution in [-0.4, -0.2) is 23.3 Å². The molecule has 4 nitrogen and oxygen atoms in total. The highest BCUT2D eigenvalue weighted by Gasteiger charge is 2.31. The first-order valence-corrected chi connectivity index (χ1v) is 4.30. The molecule has 0 aromatic rings. The van der Waals surface area contributed by atoms with E-state index in [9.17, 15) is 14.0 Å². The van der Waals surface area contributed by atoms with Crippen molar-refractivity contribution >= 4 is 12.1 Å². The summed E-state index contributed by atoms with van der Waals surface area (Å²) in [5.41, 5.74) is 0. The number of hydrogen-bond acceptors (Lipinski definition) is 2. The Morgan fingerprint density at radius 2 is 1.92 bits per heavy atom. The van der Waals surface area contributed by atoms with E-state index >= 15 is 0 Å². The lowest BCUT2D eigenvalue weighted by Gasteiger charge is -2.17. The van der Waals surface area contributed by atoms with Crippen LogP contribution in [0.4, 0.5) is 9.18 Å². The Morgan fingerprint density at radius 3 is 2.31 bits per heavy atom. The molecule has 0 unspecified atom stereocenters. The smallest absolute Gasteiger partial charge is 0.405 e. The van der Waals surface area contributed by atoms with E-state index in [2.05, 4.69) is 0 Å². The summed E-state index contributed by atoms with van der Waals surface area (Å²) in [4.78, 5) is 20.7. The van der Waals surface area contributed by atoms with Gasteiger partial charge in [0.2, 0.25) is 0 Å². The molecule has 0 spiro atoms. The summed E-state index contributed by atoms with van der Waals surface area (Å²) in [6, 6.07) is -2.73. The molecule has 1 rings (SSSR count). The highest BCUT2D eigenvalue weighted by Crippen LogP contribution is 2.28. The fraction of sp³-hybridized carbons (Fsp3) is 0.750. The molecular weight excluding hydrogens is 177 g/mol. The van der Waals surface area contributed by atoms with E-state index in [1.54, 1.807) is 0 Å². The molecule has 1 amide bonds. The van der Waals surface area contributed by atoms with Crippen LogP contribution < -0.4 is 5.32 Å². The third-order valence-electron chi connectivity index (χ3n) is 2.39. The quantitative estimate of drug-likeness (QED) is 0.658. The summed E-state index contributed by atoms with van der Waals surface area (Å²) < 4.78 is 12.4. The predicted octanol–water partition coefficient (Wildman–Crippen LogP) is 1.31. The van der Waals surface area contributed by atoms with Crippen LogP contribution in [0, 0.1) is 5.92 Å². The van der Waals surface area contributed by atoms with Gasteiger partial charge in [0.15, 0.2) is 0 Å². The summed E-state index contributed by atoms with van der Waals surface area (Å²) in [6.07, 6.45) is 1.98. The number of amides is 1. The Kier molecular flexibility index (Phi) is 3.22. The first-order valence-electron chi connectivity index (χ1n) is 4.30. The largest absolute Gasteiger partial charge is 0.465 e. The molecular formula is C8H12FNO3. The maximum atomic E-state index is 12.4. The molecule has 1 atom stereocenters. The van der Waals surface area contributed by atoms with Crippen LogP contribution >= 0.6 is 0 Å². The maximum Gasteiger partial charge on any atom is 0.405 e. The molecule has 5 heteroatoms. The Hall–Kier alpha value is -1.13. The van der Waals surface area contributed by atoms with E-state index in [-0.39, 0.29) is 5.92 Å². The first kappa shape index (κ1) is 9.95. The van der Waals surface area contributed by atoms with E-state index in [1.807, 2.05) is 5.32 Å². The van der Waals surface area contributed by atoms with Crippen LogP contribution in [0.5, 0.6) is 0 Å². The standard InChI is InChI=1S/C8H12FNO3/c9-7(11)6(10-8(12)13)5-3-1-2-4-5/h5-6,10H,1-4H2,(H,12,13)/t6-/m0/s1. The minimum absolute atomic E-state index is 0.159. The van der Waals surface area contributed by atoms with Crippen molar-refractivity contribution in [3.05, 3.63) is 0 Å². The second-order valence-corrected chi connectivity index (χ2v) is 3.28. The lowest BCUT2D eigenvalue weighted by atomic mass is 9.99. The van der Waals surface area contributed by atoms with E-state index in [0.717, 1.165) is 25.7 Å². The maximum absolute atomic E-state index is 12.4. The van der Waals surface area contributed by atoms with Gasteiger partial charge in [-0.1, -0.05) is 12.8 Å². The minimum Gasteiger partial charge on any atom is -0.465 e. The Bertz CT molecular complexity index is 213. The van der Waals surface area contributed by atoms with Crippen molar-refractivity contribution in [2.75, 3.05) is 0 Å². The molecule has 74 valence electrons. The van der Waals surface area contributed by atoms with Crippen molar-refractivity contribution in [1.29, 1.82) is 0 Å². The Morgan fingerprint density at radius 1 is 1.38 bits per heavy atom. The number of carbonyl (C=O) groups is 2. The van der Waals surface area contributed by atoms with Gasteiger partial charge in [0.05, 0.1) is 0 Å². The molecule has 1 saturated carbocycles. The molecule has 0 aromatic carbocycles. The summed E-state index contributed by atoms with van der Waals surface area (Å²) in [6.45, 7) is 0. The SMILES string of the molecule is O=C(O)N[C@H](C(=O)F)C1CCCC1. The van der Waals surface area contributed by atoms with Crippen LogP contribution in [0.1, 0.15) is 25.7 Å². The molecule has 13 heavy (non-hydrogen) atoms. The second kappa shape index (κ2) is 4.20. The fourth-order valence-electron chi connectivity index (χ4n) is 1.78. The summed E-state index contributed by atoms with van der Waals surface area (Å²) >= 11 is 0. The first-order chi connectivity index (χ1) is 6.11. The number of carboxylic acid groups (broad SMARTS) is 1. The number of hydrogen-bond donors (Lipinski definition) is 2. The lowest BCUT2D eigenvalue weighted by Crippen LogP contribution is -2.43. The van der Waals surface area contributed by atoms with Gasteiger partial charge in [-0.2, -0.15) is 4.39 Å². The summed E-state index contributed by atoms with van der Waals surface area (Å²) in [5, 5.41) is 10.3. The van der Waals surface area contributed by atoms with Gasteiger partial charge in [-0.05, 0) is 18.8 Å². The van der Waals surface area contributed by atoms with Crippen LogP contribution in [0.3, 0.4) is 0 Å². The van der Waals surface area contributed by atoms with E-state index in [4.69, 9.17) is 5.11 Å². The van der Waals surface area contributed by atoms with Gasteiger partial charge in [0.25, 0.3) is 0 Å². The van der Waals surface area contributed by atoms with Gasteiger partial charge in [-0.3, -0.25) is 4.79 Å². The normalized spacial score (nSPS) is 19.8. The van der Waals surface area contributed by atoms with E-state index in [1.165, 1.54) is 0 Å². The van der Waals surface area contributed by atoms with Crippen molar-refractivity contribution in [2.45, 2.75) is 31.7 Å². The average molecular weight is 189 g/mol. The molecule has 1 aliphatic rings. The van der Waals surface area contributed by atoms with Crippen molar-refractivity contribution in [2.24, 2.45) is 5.92 Å².